The second kappa shape index (κ2) is 3.05. The molecule has 0 spiro atoms. The van der Waals surface area contributed by atoms with Crippen LogP contribution in [-0.4, -0.2) is 30.2 Å². The average molecular weight is 220 g/mol. The molecular formula is C5H20N10. The van der Waals surface area contributed by atoms with Crippen LogP contribution in [0.15, 0.2) is 0 Å². The molecular weight excluding hydrogens is 200 g/mol. The molecule has 10 nitrogen and oxygen atoms in total. The molecule has 0 aliphatic carbocycles. The SMILES string of the molecule is CNC1(N)NC(N)(N)C(N)(N)C(N)(N)N1. The summed E-state index contributed by atoms with van der Waals surface area (Å²) in [5.41, 5.74) is 38.0. The standard InChI is InChI=1S/C5H20N10/c1-13-5(12)14-3(8,9)2(6,7)4(10,11)15-5/h13-15H,6-12H2,1H3. The molecule has 1 rings (SSSR count). The van der Waals surface area contributed by atoms with Crippen LogP contribution in [-0.2, 0) is 0 Å². The highest BCUT2D eigenvalue weighted by molar-refractivity contribution is 5.15. The van der Waals surface area contributed by atoms with E-state index < -0.39 is 23.1 Å². The van der Waals surface area contributed by atoms with Crippen molar-refractivity contribution in [2.45, 2.75) is 23.1 Å². The molecule has 90 valence electrons. The summed E-state index contributed by atoms with van der Waals surface area (Å²) in [4.78, 5) is 0. The summed E-state index contributed by atoms with van der Waals surface area (Å²) in [5.74, 6) is -4.87. The van der Waals surface area contributed by atoms with Gasteiger partial charge in [-0.3, -0.25) is 34.0 Å². The molecule has 0 amide bonds. The molecule has 1 fully saturated rings. The van der Waals surface area contributed by atoms with Crippen LogP contribution in [0.2, 0.25) is 0 Å². The second-order valence-electron chi connectivity index (χ2n) is 3.92. The molecule has 1 aliphatic heterocycles. The van der Waals surface area contributed by atoms with Gasteiger partial charge >= 0.3 is 0 Å². The van der Waals surface area contributed by atoms with Gasteiger partial charge in [-0.25, -0.2) is 10.6 Å². The van der Waals surface area contributed by atoms with Crippen molar-refractivity contribution in [3.05, 3.63) is 0 Å². The zero-order valence-electron chi connectivity index (χ0n) is 8.54. The minimum absolute atomic E-state index is 1.37. The van der Waals surface area contributed by atoms with E-state index in [1.54, 1.807) is 7.05 Å². The van der Waals surface area contributed by atoms with Crippen molar-refractivity contribution in [1.82, 2.24) is 16.0 Å². The molecule has 0 aromatic rings. The quantitative estimate of drug-likeness (QED) is 0.188. The fourth-order valence-corrected chi connectivity index (χ4v) is 1.36. The van der Waals surface area contributed by atoms with Crippen molar-refractivity contribution in [2.24, 2.45) is 40.1 Å². The first kappa shape index (κ1) is 12.7. The third-order valence-electron chi connectivity index (χ3n) is 2.57. The zero-order valence-corrected chi connectivity index (χ0v) is 8.54. The molecule has 0 aromatic heterocycles. The van der Waals surface area contributed by atoms with Crippen molar-refractivity contribution in [1.29, 1.82) is 0 Å². The van der Waals surface area contributed by atoms with E-state index in [2.05, 4.69) is 16.0 Å². The lowest BCUT2D eigenvalue weighted by atomic mass is 9.92. The summed E-state index contributed by atoms with van der Waals surface area (Å²) in [6.45, 7) is 0. The molecule has 1 aliphatic rings. The van der Waals surface area contributed by atoms with E-state index in [9.17, 15) is 0 Å². The number of nitrogens with two attached hydrogens (primary N) is 7. The Morgan fingerprint density at radius 3 is 1.40 bits per heavy atom. The highest BCUT2D eigenvalue weighted by Crippen LogP contribution is 2.18. The fourth-order valence-electron chi connectivity index (χ4n) is 1.36. The minimum Gasteiger partial charge on any atom is -0.306 e. The molecule has 15 heavy (non-hydrogen) atoms. The van der Waals surface area contributed by atoms with Crippen LogP contribution in [0.3, 0.4) is 0 Å². The summed E-state index contributed by atoms with van der Waals surface area (Å²) in [6, 6.07) is 0. The Labute approximate surface area is 87.2 Å². The summed E-state index contributed by atoms with van der Waals surface area (Å²) in [7, 11) is 1.55. The van der Waals surface area contributed by atoms with Crippen LogP contribution in [0.1, 0.15) is 0 Å². The van der Waals surface area contributed by atoms with Gasteiger partial charge in [-0.2, -0.15) is 0 Å². The van der Waals surface area contributed by atoms with Crippen molar-refractivity contribution in [2.75, 3.05) is 7.05 Å². The van der Waals surface area contributed by atoms with Crippen molar-refractivity contribution in [3.8, 4) is 0 Å². The van der Waals surface area contributed by atoms with Gasteiger partial charge in [0.1, 0.15) is 0 Å². The average Bonchev–Trinajstić information content (AvgIpc) is 1.99. The Kier molecular flexibility index (Phi) is 2.58. The predicted octanol–water partition coefficient (Wildman–Crippen LogP) is -6.28. The van der Waals surface area contributed by atoms with Gasteiger partial charge in [0.05, 0.1) is 0 Å². The largest absolute Gasteiger partial charge is 0.306 e. The maximum Gasteiger partial charge on any atom is 0.183 e. The van der Waals surface area contributed by atoms with Gasteiger partial charge in [0.2, 0.25) is 0 Å². The molecule has 10 heteroatoms. The molecule has 1 heterocycles. The Morgan fingerprint density at radius 2 is 1.13 bits per heavy atom. The Bertz CT molecular complexity index is 237. The summed E-state index contributed by atoms with van der Waals surface area (Å²) >= 11 is 0. The van der Waals surface area contributed by atoms with Crippen LogP contribution in [0.5, 0.6) is 0 Å². The highest BCUT2D eigenvalue weighted by Gasteiger charge is 2.61. The molecule has 0 bridgehead atoms. The van der Waals surface area contributed by atoms with E-state index in [1.807, 2.05) is 0 Å². The van der Waals surface area contributed by atoms with Gasteiger partial charge in [0.15, 0.2) is 23.1 Å². The van der Waals surface area contributed by atoms with Gasteiger partial charge in [-0.15, -0.1) is 0 Å². The van der Waals surface area contributed by atoms with Gasteiger partial charge in [-0.1, -0.05) is 0 Å². The Hall–Kier alpha value is -0.400. The van der Waals surface area contributed by atoms with E-state index in [0.717, 1.165) is 0 Å². The topological polar surface area (TPSA) is 218 Å². The third kappa shape index (κ3) is 1.72. The van der Waals surface area contributed by atoms with E-state index in [4.69, 9.17) is 40.1 Å². The molecule has 0 unspecified atom stereocenters. The van der Waals surface area contributed by atoms with Crippen molar-refractivity contribution >= 4 is 0 Å². The smallest absolute Gasteiger partial charge is 0.183 e. The minimum atomic E-state index is -1.81. The summed E-state index contributed by atoms with van der Waals surface area (Å²) in [6.07, 6.45) is 0. The van der Waals surface area contributed by atoms with Gasteiger partial charge in [0.25, 0.3) is 0 Å². The first-order valence-corrected chi connectivity index (χ1v) is 4.27. The van der Waals surface area contributed by atoms with Crippen molar-refractivity contribution in [3.63, 3.8) is 0 Å². The lowest BCUT2D eigenvalue weighted by molar-refractivity contribution is -0.0540. The summed E-state index contributed by atoms with van der Waals surface area (Å²) in [5, 5.41) is 7.79. The van der Waals surface area contributed by atoms with Crippen LogP contribution in [0.25, 0.3) is 0 Å². The van der Waals surface area contributed by atoms with Gasteiger partial charge in [-0.05, 0) is 7.05 Å². The van der Waals surface area contributed by atoms with Crippen LogP contribution >= 0.6 is 0 Å². The predicted molar refractivity (Wildman–Crippen MR) is 55.6 cm³/mol. The Balaban J connectivity index is 3.13. The molecule has 1 saturated heterocycles. The molecule has 0 aromatic carbocycles. The van der Waals surface area contributed by atoms with E-state index in [1.165, 1.54) is 0 Å². The molecule has 0 radical (unpaired) electrons. The lowest BCUT2D eigenvalue weighted by Crippen LogP contribution is -3.05. The van der Waals surface area contributed by atoms with Crippen molar-refractivity contribution < 1.29 is 0 Å². The highest BCUT2D eigenvalue weighted by atomic mass is 15.6. The van der Waals surface area contributed by atoms with Crippen LogP contribution in [0.4, 0.5) is 0 Å². The number of rotatable bonds is 1. The maximum absolute atomic E-state index is 5.77. The number of hydrogen-bond donors (Lipinski definition) is 10. The third-order valence-corrected chi connectivity index (χ3v) is 2.57. The zero-order chi connectivity index (χ0) is 12.1. The van der Waals surface area contributed by atoms with E-state index in [-0.39, 0.29) is 0 Å². The lowest BCUT2D eigenvalue weighted by Gasteiger charge is -2.59. The van der Waals surface area contributed by atoms with Gasteiger partial charge < -0.3 is 11.5 Å². The first-order chi connectivity index (χ1) is 6.47. The monoisotopic (exact) mass is 220 g/mol. The first-order valence-electron chi connectivity index (χ1n) is 4.27. The normalized spacial score (nSPS) is 31.2. The number of hydrogen-bond acceptors (Lipinski definition) is 10. The van der Waals surface area contributed by atoms with E-state index >= 15 is 0 Å². The molecule has 0 saturated carbocycles. The van der Waals surface area contributed by atoms with E-state index in [0.29, 0.717) is 0 Å². The summed E-state index contributed by atoms with van der Waals surface area (Å²) < 4.78 is 0. The molecule has 17 N–H and O–H groups in total. The second-order valence-corrected chi connectivity index (χ2v) is 3.92. The van der Waals surface area contributed by atoms with Crippen LogP contribution in [0, 0.1) is 0 Å². The molecule has 0 atom stereocenters. The fraction of sp³-hybridized carbons (Fsp3) is 1.00. The Morgan fingerprint density at radius 1 is 0.800 bits per heavy atom. The maximum atomic E-state index is 5.77. The van der Waals surface area contributed by atoms with Gasteiger partial charge in [0, 0.05) is 0 Å². The number of nitrogens with one attached hydrogen (secondary N) is 3. The van der Waals surface area contributed by atoms with Crippen LogP contribution < -0.4 is 56.1 Å².